The summed E-state index contributed by atoms with van der Waals surface area (Å²) in [5, 5.41) is 10.2. The highest BCUT2D eigenvalue weighted by molar-refractivity contribution is 5.82. The molecule has 1 heterocycles. The molecule has 3 rings (SSSR count). The van der Waals surface area contributed by atoms with Gasteiger partial charge in [0.15, 0.2) is 6.04 Å². The molecule has 2 aromatic rings. The number of quaternary nitrogens is 1. The molecule has 1 fully saturated rings. The third-order valence-electron chi connectivity index (χ3n) is 8.08. The normalized spacial score (nSPS) is 21.0. The van der Waals surface area contributed by atoms with Crippen molar-refractivity contribution in [3.8, 4) is 11.8 Å². The molecule has 0 aromatic heterocycles. The van der Waals surface area contributed by atoms with Gasteiger partial charge in [0.1, 0.15) is 5.75 Å². The third-order valence-corrected chi connectivity index (χ3v) is 8.08. The van der Waals surface area contributed by atoms with Crippen molar-refractivity contribution in [2.75, 3.05) is 20.2 Å². The highest BCUT2D eigenvalue weighted by atomic mass is 16.5. The lowest BCUT2D eigenvalue weighted by molar-refractivity contribution is -0.857. The average molecular weight is 491 g/mol. The first kappa shape index (κ1) is 27.4. The summed E-state index contributed by atoms with van der Waals surface area (Å²) in [6, 6.07) is 19.9. The molecule has 2 N–H and O–H groups in total. The summed E-state index contributed by atoms with van der Waals surface area (Å²) >= 11 is 0. The van der Waals surface area contributed by atoms with E-state index in [-0.39, 0.29) is 22.2 Å². The standard InChI is InChI=1S/C30H39N3O3/c1-23(2)30(22-31,25-12-5-4-6-13-25)18-8-7-16-28(34)33(19-10-15-27(33)29(32)35)20-17-24-11-9-14-26(21-24)36-3/h4-6,9,11-14,21,23,27H,7-8,10,15-20H2,1-3H3,(H-,32,35)/p+1/t27?,30-,33+/m0/s1. The Labute approximate surface area is 215 Å². The van der Waals surface area contributed by atoms with E-state index in [0.29, 0.717) is 45.2 Å². The van der Waals surface area contributed by atoms with E-state index < -0.39 is 11.5 Å². The second kappa shape index (κ2) is 12.2. The van der Waals surface area contributed by atoms with Crippen LogP contribution in [0.25, 0.3) is 0 Å². The minimum absolute atomic E-state index is 0.0889. The summed E-state index contributed by atoms with van der Waals surface area (Å²) < 4.78 is 5.48. The number of ether oxygens (including phenoxy) is 1. The van der Waals surface area contributed by atoms with Gasteiger partial charge in [-0.05, 0) is 42.0 Å². The molecule has 0 aliphatic carbocycles. The smallest absolute Gasteiger partial charge is 0.314 e. The first-order valence-electron chi connectivity index (χ1n) is 13.1. The Morgan fingerprint density at radius 1 is 1.17 bits per heavy atom. The van der Waals surface area contributed by atoms with Crippen LogP contribution in [0, 0.1) is 17.2 Å². The van der Waals surface area contributed by atoms with E-state index in [1.807, 2.05) is 54.6 Å². The summed E-state index contributed by atoms with van der Waals surface area (Å²) in [6.45, 7) is 5.37. The van der Waals surface area contributed by atoms with Gasteiger partial charge in [0.05, 0.1) is 38.1 Å². The van der Waals surface area contributed by atoms with Gasteiger partial charge in [0, 0.05) is 19.3 Å². The molecule has 2 amide bonds. The van der Waals surface area contributed by atoms with Crippen molar-refractivity contribution in [2.24, 2.45) is 11.7 Å². The van der Waals surface area contributed by atoms with Crippen molar-refractivity contribution in [2.45, 2.75) is 70.3 Å². The Balaban J connectivity index is 1.70. The van der Waals surface area contributed by atoms with Crippen molar-refractivity contribution in [3.05, 3.63) is 65.7 Å². The SMILES string of the molecule is COc1cccc(CC[N@+]2(C(=O)CCCC[C@@](C#N)(c3ccccc3)C(C)C)CCCC2C(N)=O)c1. The van der Waals surface area contributed by atoms with Crippen LogP contribution in [0.1, 0.15) is 63.5 Å². The number of hydrogen-bond donors (Lipinski definition) is 1. The fraction of sp³-hybridized carbons (Fsp3) is 0.500. The van der Waals surface area contributed by atoms with Crippen molar-refractivity contribution in [3.63, 3.8) is 0 Å². The van der Waals surface area contributed by atoms with Gasteiger partial charge in [0.2, 0.25) is 0 Å². The maximum absolute atomic E-state index is 13.7. The molecule has 36 heavy (non-hydrogen) atoms. The van der Waals surface area contributed by atoms with Crippen molar-refractivity contribution in [1.29, 1.82) is 5.26 Å². The van der Waals surface area contributed by atoms with E-state index in [0.717, 1.165) is 29.7 Å². The Hall–Kier alpha value is -3.17. The lowest BCUT2D eigenvalue weighted by Gasteiger charge is -2.36. The Kier molecular flexibility index (Phi) is 9.28. The molecule has 0 saturated carbocycles. The van der Waals surface area contributed by atoms with Crippen LogP contribution >= 0.6 is 0 Å². The number of unbranched alkanes of at least 4 members (excludes halogenated alkanes) is 1. The largest absolute Gasteiger partial charge is 0.497 e. The van der Waals surface area contributed by atoms with Gasteiger partial charge in [-0.3, -0.25) is 9.28 Å². The van der Waals surface area contributed by atoms with Gasteiger partial charge in [0.25, 0.3) is 5.91 Å². The zero-order valence-electron chi connectivity index (χ0n) is 21.9. The van der Waals surface area contributed by atoms with Crippen molar-refractivity contribution in [1.82, 2.24) is 0 Å². The predicted octanol–water partition coefficient (Wildman–Crippen LogP) is 4.91. The maximum atomic E-state index is 13.7. The highest BCUT2D eigenvalue weighted by Crippen LogP contribution is 2.37. The van der Waals surface area contributed by atoms with Crippen LogP contribution in [-0.4, -0.2) is 42.5 Å². The molecular formula is C30H40N3O3+. The van der Waals surface area contributed by atoms with Gasteiger partial charge in [-0.1, -0.05) is 62.7 Å². The highest BCUT2D eigenvalue weighted by Gasteiger charge is 2.50. The number of carbonyl (C=O) groups is 2. The number of primary amides is 1. The number of nitrogens with two attached hydrogens (primary N) is 1. The predicted molar refractivity (Wildman–Crippen MR) is 141 cm³/mol. The second-order valence-corrected chi connectivity index (χ2v) is 10.3. The van der Waals surface area contributed by atoms with E-state index >= 15 is 0 Å². The van der Waals surface area contributed by atoms with E-state index in [1.54, 1.807) is 7.11 Å². The number of nitrogens with zero attached hydrogens (tertiary/aromatic N) is 2. The number of amides is 2. The van der Waals surface area contributed by atoms with Crippen LogP contribution in [0.2, 0.25) is 0 Å². The van der Waals surface area contributed by atoms with Gasteiger partial charge in [-0.15, -0.1) is 0 Å². The minimum atomic E-state index is -0.577. The van der Waals surface area contributed by atoms with Crippen LogP contribution in [0.5, 0.6) is 5.75 Å². The number of nitriles is 1. The monoisotopic (exact) mass is 490 g/mol. The topological polar surface area (TPSA) is 93.2 Å². The molecule has 1 unspecified atom stereocenters. The fourth-order valence-corrected chi connectivity index (χ4v) is 5.86. The second-order valence-electron chi connectivity index (χ2n) is 10.3. The third kappa shape index (κ3) is 5.79. The molecule has 6 nitrogen and oxygen atoms in total. The molecule has 3 atom stereocenters. The number of likely N-dealkylation sites (tertiary alicyclic amines) is 1. The molecular weight excluding hydrogens is 450 g/mol. The van der Waals surface area contributed by atoms with Gasteiger partial charge in [-0.25, -0.2) is 4.79 Å². The minimum Gasteiger partial charge on any atom is -0.497 e. The average Bonchev–Trinajstić information content (AvgIpc) is 3.34. The van der Waals surface area contributed by atoms with Crippen LogP contribution < -0.4 is 10.5 Å². The Bertz CT molecular complexity index is 1080. The van der Waals surface area contributed by atoms with Crippen LogP contribution in [-0.2, 0) is 21.4 Å². The molecule has 2 aromatic carbocycles. The summed E-state index contributed by atoms with van der Waals surface area (Å²) in [4.78, 5) is 26.1. The molecule has 0 spiro atoms. The van der Waals surface area contributed by atoms with E-state index in [4.69, 9.17) is 10.5 Å². The van der Waals surface area contributed by atoms with Crippen molar-refractivity contribution >= 4 is 11.8 Å². The number of benzene rings is 2. The molecule has 0 radical (unpaired) electrons. The Morgan fingerprint density at radius 3 is 2.56 bits per heavy atom. The van der Waals surface area contributed by atoms with Gasteiger partial charge < -0.3 is 10.5 Å². The Morgan fingerprint density at radius 2 is 1.92 bits per heavy atom. The van der Waals surface area contributed by atoms with E-state index in [9.17, 15) is 14.9 Å². The fourth-order valence-electron chi connectivity index (χ4n) is 5.86. The molecule has 6 heteroatoms. The summed E-state index contributed by atoms with van der Waals surface area (Å²) in [5.74, 6) is 0.632. The van der Waals surface area contributed by atoms with E-state index in [2.05, 4.69) is 19.9 Å². The maximum Gasteiger partial charge on any atom is 0.314 e. The molecule has 0 bridgehead atoms. The lowest BCUT2D eigenvalue weighted by Crippen LogP contribution is -2.61. The van der Waals surface area contributed by atoms with Crippen molar-refractivity contribution < 1.29 is 18.8 Å². The zero-order valence-corrected chi connectivity index (χ0v) is 21.9. The van der Waals surface area contributed by atoms with E-state index in [1.165, 1.54) is 0 Å². The first-order chi connectivity index (χ1) is 17.3. The molecule has 1 aliphatic heterocycles. The van der Waals surface area contributed by atoms with Crippen LogP contribution in [0.15, 0.2) is 54.6 Å². The molecule has 1 saturated heterocycles. The quantitative estimate of drug-likeness (QED) is 0.338. The summed E-state index contributed by atoms with van der Waals surface area (Å²) in [7, 11) is 1.64. The number of hydrogen-bond acceptors (Lipinski definition) is 4. The zero-order chi connectivity index (χ0) is 26.2. The van der Waals surface area contributed by atoms with Gasteiger partial charge >= 0.3 is 5.91 Å². The number of methoxy groups -OCH3 is 1. The number of carbonyl (C=O) groups excluding carboxylic acids is 2. The summed E-state index contributed by atoms with van der Waals surface area (Å²) in [5.41, 5.74) is 7.32. The summed E-state index contributed by atoms with van der Waals surface area (Å²) in [6.07, 6.45) is 4.67. The van der Waals surface area contributed by atoms with Crippen LogP contribution in [0.3, 0.4) is 0 Å². The van der Waals surface area contributed by atoms with Crippen LogP contribution in [0.4, 0.5) is 0 Å². The van der Waals surface area contributed by atoms with Gasteiger partial charge in [-0.2, -0.15) is 5.26 Å². The lowest BCUT2D eigenvalue weighted by atomic mass is 9.69. The number of rotatable bonds is 12. The molecule has 1 aliphatic rings. The molecule has 192 valence electrons. The first-order valence-corrected chi connectivity index (χ1v) is 13.1.